The summed E-state index contributed by atoms with van der Waals surface area (Å²) >= 11 is 0.945. The van der Waals surface area contributed by atoms with Gasteiger partial charge in [-0.15, -0.1) is 11.3 Å². The van der Waals surface area contributed by atoms with Crippen LogP contribution in [0.5, 0.6) is 0 Å². The first-order valence-corrected chi connectivity index (χ1v) is 8.38. The zero-order valence-electron chi connectivity index (χ0n) is 11.2. The third kappa shape index (κ3) is 3.86. The number of aromatic carboxylic acids is 1. The van der Waals surface area contributed by atoms with Crippen LogP contribution in [0.1, 0.15) is 26.8 Å². The minimum Gasteiger partial charge on any atom is -0.477 e. The SMILES string of the molecule is Cc1sc(C(=O)O)cc1S(=O)(=O)NCCCc1ncn[nH]1. The van der Waals surface area contributed by atoms with Gasteiger partial charge in [0.25, 0.3) is 0 Å². The lowest BCUT2D eigenvalue weighted by molar-refractivity contribution is 0.0702. The maximum absolute atomic E-state index is 12.1. The van der Waals surface area contributed by atoms with E-state index in [2.05, 4.69) is 19.9 Å². The molecule has 0 unspecified atom stereocenters. The maximum atomic E-state index is 12.1. The van der Waals surface area contributed by atoms with Gasteiger partial charge in [0.15, 0.2) is 0 Å². The predicted octanol–water partition coefficient (Wildman–Crippen LogP) is 0.784. The summed E-state index contributed by atoms with van der Waals surface area (Å²) in [5.74, 6) is -0.441. The molecule has 0 aliphatic heterocycles. The fourth-order valence-electron chi connectivity index (χ4n) is 1.73. The van der Waals surface area contributed by atoms with Gasteiger partial charge in [-0.25, -0.2) is 22.9 Å². The molecule has 114 valence electrons. The molecule has 2 aromatic heterocycles. The number of aryl methyl sites for hydroxylation is 2. The number of H-pyrrole nitrogens is 1. The average molecular weight is 330 g/mol. The van der Waals surface area contributed by atoms with Gasteiger partial charge in [0, 0.05) is 17.8 Å². The number of nitrogens with one attached hydrogen (secondary N) is 2. The molecular formula is C11H14N4O4S2. The molecule has 0 saturated heterocycles. The molecule has 3 N–H and O–H groups in total. The second-order valence-corrected chi connectivity index (χ2v) is 7.26. The van der Waals surface area contributed by atoms with Gasteiger partial charge in [0.1, 0.15) is 17.0 Å². The fourth-order valence-corrected chi connectivity index (χ4v) is 4.23. The highest BCUT2D eigenvalue weighted by Crippen LogP contribution is 2.25. The molecule has 0 aliphatic rings. The summed E-state index contributed by atoms with van der Waals surface area (Å²) in [6.45, 7) is 1.82. The van der Waals surface area contributed by atoms with Gasteiger partial charge in [-0.3, -0.25) is 5.10 Å². The van der Waals surface area contributed by atoms with Crippen LogP contribution < -0.4 is 4.72 Å². The third-order valence-corrected chi connectivity index (χ3v) is 5.47. The van der Waals surface area contributed by atoms with E-state index in [1.54, 1.807) is 6.92 Å². The van der Waals surface area contributed by atoms with Gasteiger partial charge in [-0.1, -0.05) is 0 Å². The summed E-state index contributed by atoms with van der Waals surface area (Å²) in [4.78, 5) is 15.3. The molecule has 0 radical (unpaired) electrons. The number of thiophene rings is 1. The van der Waals surface area contributed by atoms with Gasteiger partial charge in [0.05, 0.1) is 4.90 Å². The van der Waals surface area contributed by atoms with Gasteiger partial charge in [-0.2, -0.15) is 5.10 Å². The lowest BCUT2D eigenvalue weighted by Gasteiger charge is -2.05. The Bertz CT molecular complexity index is 721. The van der Waals surface area contributed by atoms with Crippen molar-refractivity contribution in [3.05, 3.63) is 28.0 Å². The fraction of sp³-hybridized carbons (Fsp3) is 0.364. The number of hydrogen-bond acceptors (Lipinski definition) is 6. The van der Waals surface area contributed by atoms with Gasteiger partial charge >= 0.3 is 5.97 Å². The Hall–Kier alpha value is -1.78. The monoisotopic (exact) mass is 330 g/mol. The van der Waals surface area contributed by atoms with Crippen molar-refractivity contribution in [2.45, 2.75) is 24.7 Å². The third-order valence-electron chi connectivity index (χ3n) is 2.72. The van der Waals surface area contributed by atoms with Crippen LogP contribution in [-0.4, -0.2) is 41.2 Å². The number of rotatable bonds is 7. The topological polar surface area (TPSA) is 125 Å². The largest absolute Gasteiger partial charge is 0.477 e. The number of nitrogens with zero attached hydrogens (tertiary/aromatic N) is 2. The Labute approximate surface area is 125 Å². The molecule has 2 heterocycles. The maximum Gasteiger partial charge on any atom is 0.345 e. The summed E-state index contributed by atoms with van der Waals surface area (Å²) in [6, 6.07) is 1.18. The van der Waals surface area contributed by atoms with Crippen molar-refractivity contribution < 1.29 is 18.3 Å². The van der Waals surface area contributed by atoms with Crippen LogP contribution in [0.4, 0.5) is 0 Å². The Morgan fingerprint density at radius 2 is 2.29 bits per heavy atom. The molecule has 10 heteroatoms. The molecule has 21 heavy (non-hydrogen) atoms. The molecule has 0 aliphatic carbocycles. The van der Waals surface area contributed by atoms with Crippen LogP contribution in [-0.2, 0) is 16.4 Å². The van der Waals surface area contributed by atoms with Crippen molar-refractivity contribution >= 4 is 27.3 Å². The van der Waals surface area contributed by atoms with Crippen molar-refractivity contribution in [3.8, 4) is 0 Å². The predicted molar refractivity (Wildman–Crippen MR) is 75.9 cm³/mol. The second-order valence-electron chi connectivity index (χ2n) is 4.27. The minimum atomic E-state index is -3.69. The summed E-state index contributed by atoms with van der Waals surface area (Å²) < 4.78 is 26.7. The van der Waals surface area contributed by atoms with E-state index in [1.165, 1.54) is 12.4 Å². The smallest absolute Gasteiger partial charge is 0.345 e. The number of carboxylic acid groups (broad SMARTS) is 1. The minimum absolute atomic E-state index is 0.00883. The first-order chi connectivity index (χ1) is 9.90. The van der Waals surface area contributed by atoms with E-state index in [4.69, 9.17) is 5.11 Å². The average Bonchev–Trinajstić information content (AvgIpc) is 3.04. The van der Waals surface area contributed by atoms with Crippen LogP contribution in [0.3, 0.4) is 0 Å². The van der Waals surface area contributed by atoms with E-state index in [9.17, 15) is 13.2 Å². The standard InChI is InChI=1S/C11H14N4O4S2/c1-7-9(5-8(20-7)11(16)17)21(18,19)14-4-2-3-10-12-6-13-15-10/h5-6,14H,2-4H2,1H3,(H,16,17)(H,12,13,15). The van der Waals surface area contributed by atoms with Crippen molar-refractivity contribution in [2.24, 2.45) is 0 Å². The zero-order chi connectivity index (χ0) is 15.5. The molecule has 0 atom stereocenters. The quantitative estimate of drug-likeness (QED) is 0.644. The lowest BCUT2D eigenvalue weighted by atomic mass is 10.3. The Kier molecular flexibility index (Phi) is 4.70. The van der Waals surface area contributed by atoms with Gasteiger partial charge < -0.3 is 5.11 Å². The van der Waals surface area contributed by atoms with Crippen molar-refractivity contribution in [1.82, 2.24) is 19.9 Å². The summed E-state index contributed by atoms with van der Waals surface area (Å²) in [6.07, 6.45) is 2.52. The van der Waals surface area contributed by atoms with Crippen molar-refractivity contribution in [2.75, 3.05) is 6.54 Å². The Balaban J connectivity index is 1.96. The zero-order valence-corrected chi connectivity index (χ0v) is 12.8. The molecule has 0 aromatic carbocycles. The molecule has 0 spiro atoms. The number of hydrogen-bond donors (Lipinski definition) is 3. The highest BCUT2D eigenvalue weighted by Gasteiger charge is 2.21. The normalized spacial score (nSPS) is 11.7. The molecule has 0 saturated carbocycles. The van der Waals surface area contributed by atoms with E-state index in [1.807, 2.05) is 0 Å². The highest BCUT2D eigenvalue weighted by molar-refractivity contribution is 7.89. The Morgan fingerprint density at radius 3 is 2.86 bits per heavy atom. The van der Waals surface area contributed by atoms with E-state index in [0.717, 1.165) is 11.3 Å². The van der Waals surface area contributed by atoms with E-state index in [0.29, 0.717) is 23.5 Å². The second kappa shape index (κ2) is 6.33. The molecule has 2 aromatic rings. The van der Waals surface area contributed by atoms with E-state index in [-0.39, 0.29) is 16.3 Å². The van der Waals surface area contributed by atoms with Crippen LogP contribution in [0.15, 0.2) is 17.3 Å². The van der Waals surface area contributed by atoms with Crippen LogP contribution in [0.2, 0.25) is 0 Å². The first kappa shape index (κ1) is 15.6. The van der Waals surface area contributed by atoms with Gasteiger partial charge in [0.2, 0.25) is 10.0 Å². The highest BCUT2D eigenvalue weighted by atomic mass is 32.2. The van der Waals surface area contributed by atoms with Crippen LogP contribution in [0, 0.1) is 6.92 Å². The van der Waals surface area contributed by atoms with E-state index < -0.39 is 16.0 Å². The van der Waals surface area contributed by atoms with Crippen molar-refractivity contribution in [3.63, 3.8) is 0 Å². The number of sulfonamides is 1. The molecule has 0 bridgehead atoms. The van der Waals surface area contributed by atoms with Gasteiger partial charge in [-0.05, 0) is 19.4 Å². The summed E-state index contributed by atoms with van der Waals surface area (Å²) in [5.41, 5.74) is 0. The number of carboxylic acids is 1. The summed E-state index contributed by atoms with van der Waals surface area (Å²) in [5, 5.41) is 15.3. The number of aromatic nitrogens is 3. The summed E-state index contributed by atoms with van der Waals surface area (Å²) in [7, 11) is -3.69. The lowest BCUT2D eigenvalue weighted by Crippen LogP contribution is -2.25. The first-order valence-electron chi connectivity index (χ1n) is 6.08. The number of carbonyl (C=O) groups is 1. The molecular weight excluding hydrogens is 316 g/mol. The Morgan fingerprint density at radius 1 is 1.52 bits per heavy atom. The number of aromatic amines is 1. The molecule has 8 nitrogen and oxygen atoms in total. The van der Waals surface area contributed by atoms with E-state index >= 15 is 0 Å². The van der Waals surface area contributed by atoms with Crippen molar-refractivity contribution in [1.29, 1.82) is 0 Å². The van der Waals surface area contributed by atoms with Crippen LogP contribution >= 0.6 is 11.3 Å². The molecule has 2 rings (SSSR count). The van der Waals surface area contributed by atoms with Crippen LogP contribution in [0.25, 0.3) is 0 Å². The molecule has 0 fully saturated rings. The molecule has 0 amide bonds.